The van der Waals surface area contributed by atoms with E-state index in [1.54, 1.807) is 18.3 Å². The maximum atomic E-state index is 13.6. The number of hydrogen-bond donors (Lipinski definition) is 1. The molecule has 0 saturated heterocycles. The van der Waals surface area contributed by atoms with Gasteiger partial charge in [-0.1, -0.05) is 58.6 Å². The zero-order valence-corrected chi connectivity index (χ0v) is 24.3. The summed E-state index contributed by atoms with van der Waals surface area (Å²) < 4.78 is 30.2. The lowest BCUT2D eigenvalue weighted by molar-refractivity contribution is -0.119. The van der Waals surface area contributed by atoms with E-state index in [0.29, 0.717) is 0 Å². The van der Waals surface area contributed by atoms with Crippen molar-refractivity contribution in [1.29, 1.82) is 0 Å². The molecule has 0 atom stereocenters. The number of nitrogens with zero attached hydrogens (tertiary/aromatic N) is 3. The average molecular weight is 584 g/mol. The summed E-state index contributed by atoms with van der Waals surface area (Å²) in [5.41, 5.74) is 8.49. The van der Waals surface area contributed by atoms with Gasteiger partial charge in [0.2, 0.25) is 0 Å². The lowest BCUT2D eigenvalue weighted by atomic mass is 10.2. The summed E-state index contributed by atoms with van der Waals surface area (Å²) in [5.74, 6) is -0.634. The van der Waals surface area contributed by atoms with Crippen LogP contribution in [0.4, 0.5) is 5.69 Å². The summed E-state index contributed by atoms with van der Waals surface area (Å²) in [4.78, 5) is 13.0. The van der Waals surface area contributed by atoms with E-state index >= 15 is 0 Å². The Morgan fingerprint density at radius 2 is 1.46 bits per heavy atom. The minimum Gasteiger partial charge on any atom is -0.318 e. The molecular weight excluding hydrogens is 555 g/mol. The van der Waals surface area contributed by atoms with Gasteiger partial charge in [0.05, 0.1) is 16.8 Å². The third kappa shape index (κ3) is 6.53. The number of sulfonamides is 1. The molecule has 0 fully saturated rings. The first kappa shape index (κ1) is 28.4. The molecule has 0 radical (unpaired) electrons. The second kappa shape index (κ2) is 11.7. The van der Waals surface area contributed by atoms with Gasteiger partial charge in [0.15, 0.2) is 0 Å². The number of rotatable bonds is 8. The van der Waals surface area contributed by atoms with Crippen molar-refractivity contribution in [1.82, 2.24) is 9.99 Å². The fourth-order valence-corrected chi connectivity index (χ4v) is 6.10. The van der Waals surface area contributed by atoms with E-state index in [4.69, 9.17) is 23.2 Å². The zero-order valence-electron chi connectivity index (χ0n) is 21.9. The highest BCUT2D eigenvalue weighted by molar-refractivity contribution is 7.92. The van der Waals surface area contributed by atoms with Crippen molar-refractivity contribution >= 4 is 51.0 Å². The number of aromatic nitrogens is 1. The van der Waals surface area contributed by atoms with Crippen molar-refractivity contribution in [2.24, 2.45) is 5.10 Å². The molecule has 10 heteroatoms. The van der Waals surface area contributed by atoms with Crippen molar-refractivity contribution in [2.75, 3.05) is 10.8 Å². The van der Waals surface area contributed by atoms with Gasteiger partial charge in [0, 0.05) is 32.7 Å². The fourth-order valence-electron chi connectivity index (χ4n) is 4.18. The van der Waals surface area contributed by atoms with Crippen LogP contribution in [0.3, 0.4) is 0 Å². The van der Waals surface area contributed by atoms with Gasteiger partial charge in [-0.15, -0.1) is 0 Å². The standard InChI is InChI=1S/C29H28Cl2N4O3S/c1-19-5-9-26(10-6-19)35-21(3)13-23(22(35)4)17-32-33-29(36)18-34(27-15-24(30)14-25(31)16-27)39(37,38)28-11-7-20(2)8-12-28/h5-17H,18H2,1-4H3,(H,33,36)/b32-17+. The van der Waals surface area contributed by atoms with Crippen LogP contribution in [0.2, 0.25) is 10.0 Å². The molecule has 4 aromatic rings. The maximum absolute atomic E-state index is 13.6. The highest BCUT2D eigenvalue weighted by Gasteiger charge is 2.28. The Balaban J connectivity index is 1.57. The van der Waals surface area contributed by atoms with Gasteiger partial charge in [0.1, 0.15) is 6.54 Å². The first-order valence-electron chi connectivity index (χ1n) is 12.1. The van der Waals surface area contributed by atoms with Gasteiger partial charge in [0.25, 0.3) is 15.9 Å². The van der Waals surface area contributed by atoms with E-state index in [0.717, 1.165) is 32.5 Å². The largest absolute Gasteiger partial charge is 0.318 e. The highest BCUT2D eigenvalue weighted by Crippen LogP contribution is 2.30. The van der Waals surface area contributed by atoms with Crippen molar-refractivity contribution in [3.05, 3.63) is 111 Å². The quantitative estimate of drug-likeness (QED) is 0.194. The Morgan fingerprint density at radius 3 is 2.05 bits per heavy atom. The van der Waals surface area contributed by atoms with E-state index in [9.17, 15) is 13.2 Å². The van der Waals surface area contributed by atoms with Crippen LogP contribution in [0, 0.1) is 27.7 Å². The summed E-state index contributed by atoms with van der Waals surface area (Å²) >= 11 is 12.3. The third-order valence-corrected chi connectivity index (χ3v) is 8.41. The molecule has 1 heterocycles. The van der Waals surface area contributed by atoms with Crippen LogP contribution in [0.25, 0.3) is 5.69 Å². The van der Waals surface area contributed by atoms with Crippen LogP contribution in [0.15, 0.2) is 82.8 Å². The Hall–Kier alpha value is -3.59. The second-order valence-corrected chi connectivity index (χ2v) is 12.0. The number of anilines is 1. The average Bonchev–Trinajstić information content (AvgIpc) is 3.15. The summed E-state index contributed by atoms with van der Waals surface area (Å²) in [5, 5.41) is 4.58. The van der Waals surface area contributed by atoms with Crippen LogP contribution in [-0.2, 0) is 14.8 Å². The van der Waals surface area contributed by atoms with Crippen molar-refractivity contribution < 1.29 is 13.2 Å². The van der Waals surface area contributed by atoms with Gasteiger partial charge < -0.3 is 4.57 Å². The van der Waals surface area contributed by atoms with E-state index in [1.165, 1.54) is 35.9 Å². The van der Waals surface area contributed by atoms with Gasteiger partial charge in [-0.25, -0.2) is 13.8 Å². The number of carbonyl (C=O) groups is 1. The molecule has 0 spiro atoms. The van der Waals surface area contributed by atoms with Gasteiger partial charge >= 0.3 is 0 Å². The third-order valence-electron chi connectivity index (χ3n) is 6.19. The number of hydrazone groups is 1. The van der Waals surface area contributed by atoms with E-state index < -0.39 is 22.5 Å². The molecule has 1 amide bonds. The SMILES string of the molecule is Cc1ccc(-n2c(C)cc(/C=N/NC(=O)CN(c3cc(Cl)cc(Cl)c3)S(=O)(=O)c3ccc(C)cc3)c2C)cc1. The van der Waals surface area contributed by atoms with E-state index in [-0.39, 0.29) is 20.6 Å². The Labute approximate surface area is 238 Å². The van der Waals surface area contributed by atoms with Crippen LogP contribution in [0.5, 0.6) is 0 Å². The predicted octanol–water partition coefficient (Wildman–Crippen LogP) is 6.36. The molecule has 202 valence electrons. The molecule has 39 heavy (non-hydrogen) atoms. The number of amides is 1. The van der Waals surface area contributed by atoms with Crippen molar-refractivity contribution in [2.45, 2.75) is 32.6 Å². The monoisotopic (exact) mass is 582 g/mol. The van der Waals surface area contributed by atoms with Crippen LogP contribution >= 0.6 is 23.2 Å². The summed E-state index contributed by atoms with van der Waals surface area (Å²) in [6.45, 7) is 7.32. The lowest BCUT2D eigenvalue weighted by Gasteiger charge is -2.24. The van der Waals surface area contributed by atoms with E-state index in [2.05, 4.69) is 15.1 Å². The second-order valence-electron chi connectivity index (χ2n) is 9.24. The number of aryl methyl sites for hydroxylation is 3. The van der Waals surface area contributed by atoms with Gasteiger partial charge in [-0.05, 0) is 76.2 Å². The molecule has 0 aliphatic rings. The Bertz CT molecular complexity index is 1630. The van der Waals surface area contributed by atoms with Crippen molar-refractivity contribution in [3.8, 4) is 5.69 Å². The molecule has 0 aliphatic heterocycles. The first-order valence-corrected chi connectivity index (χ1v) is 14.3. The van der Waals surface area contributed by atoms with Gasteiger partial charge in [-0.2, -0.15) is 5.10 Å². The Kier molecular flexibility index (Phi) is 8.49. The number of carbonyl (C=O) groups excluding carboxylic acids is 1. The number of nitrogens with one attached hydrogen (secondary N) is 1. The molecule has 0 aliphatic carbocycles. The first-order chi connectivity index (χ1) is 18.5. The molecule has 0 saturated carbocycles. The van der Waals surface area contributed by atoms with E-state index in [1.807, 2.05) is 58.0 Å². The molecular formula is C29H28Cl2N4O3S. The topological polar surface area (TPSA) is 83.8 Å². The number of benzene rings is 3. The lowest BCUT2D eigenvalue weighted by Crippen LogP contribution is -2.39. The molecule has 0 unspecified atom stereocenters. The summed E-state index contributed by atoms with van der Waals surface area (Å²) in [6, 6.07) is 20.9. The molecule has 0 bridgehead atoms. The van der Waals surface area contributed by atoms with Gasteiger partial charge in [-0.3, -0.25) is 9.10 Å². The maximum Gasteiger partial charge on any atom is 0.264 e. The molecule has 7 nitrogen and oxygen atoms in total. The summed E-state index contributed by atoms with van der Waals surface area (Å²) in [7, 11) is -4.12. The normalized spacial score (nSPS) is 11.6. The number of halogens is 2. The van der Waals surface area contributed by atoms with Crippen molar-refractivity contribution in [3.63, 3.8) is 0 Å². The minimum absolute atomic E-state index is 0.0315. The minimum atomic E-state index is -4.12. The van der Waals surface area contributed by atoms with Crippen LogP contribution < -0.4 is 9.73 Å². The summed E-state index contributed by atoms with van der Waals surface area (Å²) in [6.07, 6.45) is 1.54. The fraction of sp³-hybridized carbons (Fsp3) is 0.172. The molecule has 1 N–H and O–H groups in total. The predicted molar refractivity (Wildman–Crippen MR) is 158 cm³/mol. The van der Waals surface area contributed by atoms with Crippen LogP contribution in [0.1, 0.15) is 28.1 Å². The number of hydrogen-bond acceptors (Lipinski definition) is 4. The molecule has 1 aromatic heterocycles. The molecule has 4 rings (SSSR count). The highest BCUT2D eigenvalue weighted by atomic mass is 35.5. The zero-order chi connectivity index (χ0) is 28.3. The Morgan fingerprint density at radius 1 is 0.897 bits per heavy atom. The smallest absolute Gasteiger partial charge is 0.264 e. The molecule has 3 aromatic carbocycles. The van der Waals surface area contributed by atoms with Crippen LogP contribution in [-0.4, -0.2) is 31.7 Å².